The standard InChI is InChI=1S/C37H40O7/c1-19(2)24-16-23(15-11-14-22-12-9-8-10-13-22)30(39)27-25(24)17-35(6)18-36(7)28(20(3)4)31(40)26(21(5)38)33(42)37(36,44)34(43)29(35)32(27)41/h8-10,12-13,16,19-20,26,28-29,39,44H,14,17-18H2,1-7H3/t26?,28?,29?,35-,36-,37+/m1/s1. The number of aromatic hydroxyl groups is 1. The molecule has 0 bridgehead atoms. The molecule has 230 valence electrons. The van der Waals surface area contributed by atoms with Gasteiger partial charge in [0.2, 0.25) is 0 Å². The number of aliphatic hydroxyl groups is 1. The van der Waals surface area contributed by atoms with Crippen LogP contribution >= 0.6 is 0 Å². The summed E-state index contributed by atoms with van der Waals surface area (Å²) in [5.41, 5.74) is -2.62. The maximum atomic E-state index is 14.5. The average Bonchev–Trinajstić information content (AvgIpc) is 2.92. The number of phenols is 1. The Hall–Kier alpha value is -3.89. The zero-order valence-corrected chi connectivity index (χ0v) is 26.4. The van der Waals surface area contributed by atoms with Gasteiger partial charge in [0.1, 0.15) is 17.5 Å². The Labute approximate surface area is 258 Å². The lowest BCUT2D eigenvalue weighted by atomic mass is 9.39. The number of rotatable bonds is 4. The van der Waals surface area contributed by atoms with Gasteiger partial charge in [0.15, 0.2) is 28.7 Å². The predicted octanol–water partition coefficient (Wildman–Crippen LogP) is 4.81. The number of ketones is 5. The Kier molecular flexibility index (Phi) is 7.62. The van der Waals surface area contributed by atoms with E-state index in [1.54, 1.807) is 33.8 Å². The molecule has 3 aliphatic carbocycles. The van der Waals surface area contributed by atoms with Crippen molar-refractivity contribution < 1.29 is 34.2 Å². The number of hydrogen-bond donors (Lipinski definition) is 2. The number of phenolic OH excluding ortho intramolecular Hbond substituents is 1. The largest absolute Gasteiger partial charge is 0.506 e. The first-order valence-electron chi connectivity index (χ1n) is 15.3. The van der Waals surface area contributed by atoms with Gasteiger partial charge in [0.25, 0.3) is 0 Å². The summed E-state index contributed by atoms with van der Waals surface area (Å²) in [5.74, 6) is -2.99. The highest BCUT2D eigenvalue weighted by atomic mass is 16.3. The van der Waals surface area contributed by atoms with E-state index >= 15 is 0 Å². The normalized spacial score (nSPS) is 31.3. The van der Waals surface area contributed by atoms with Crippen LogP contribution in [0.4, 0.5) is 0 Å². The summed E-state index contributed by atoms with van der Waals surface area (Å²) >= 11 is 0. The Morgan fingerprint density at radius 1 is 1.02 bits per heavy atom. The van der Waals surface area contributed by atoms with Crippen molar-refractivity contribution in [1.82, 2.24) is 0 Å². The molecule has 0 spiro atoms. The third-order valence-corrected chi connectivity index (χ3v) is 10.4. The highest BCUT2D eigenvalue weighted by Gasteiger charge is 2.76. The minimum atomic E-state index is -2.72. The molecule has 0 aliphatic heterocycles. The lowest BCUT2D eigenvalue weighted by molar-refractivity contribution is -0.205. The van der Waals surface area contributed by atoms with E-state index in [-0.39, 0.29) is 41.6 Å². The van der Waals surface area contributed by atoms with Crippen molar-refractivity contribution in [1.29, 1.82) is 0 Å². The van der Waals surface area contributed by atoms with Crippen LogP contribution in [0.15, 0.2) is 36.4 Å². The summed E-state index contributed by atoms with van der Waals surface area (Å²) in [5, 5.41) is 23.7. The molecule has 2 aromatic rings. The highest BCUT2D eigenvalue weighted by Crippen LogP contribution is 2.64. The van der Waals surface area contributed by atoms with E-state index in [1.165, 1.54) is 0 Å². The molecule has 0 saturated heterocycles. The molecule has 3 aliphatic rings. The van der Waals surface area contributed by atoms with Crippen LogP contribution < -0.4 is 0 Å². The van der Waals surface area contributed by atoms with Crippen molar-refractivity contribution in [2.24, 2.45) is 34.5 Å². The molecule has 2 N–H and O–H groups in total. The minimum absolute atomic E-state index is 0.00824. The Morgan fingerprint density at radius 3 is 2.23 bits per heavy atom. The number of fused-ring (bicyclic) bond motifs is 3. The third-order valence-electron chi connectivity index (χ3n) is 10.4. The monoisotopic (exact) mass is 596 g/mol. The second kappa shape index (κ2) is 10.6. The van der Waals surface area contributed by atoms with Crippen LogP contribution in [0.3, 0.4) is 0 Å². The van der Waals surface area contributed by atoms with E-state index in [9.17, 15) is 34.2 Å². The lowest BCUT2D eigenvalue weighted by Crippen LogP contribution is -2.76. The first-order chi connectivity index (χ1) is 20.5. The van der Waals surface area contributed by atoms with Gasteiger partial charge >= 0.3 is 0 Å². The van der Waals surface area contributed by atoms with Crippen LogP contribution in [-0.4, -0.2) is 44.7 Å². The highest BCUT2D eigenvalue weighted by molar-refractivity contribution is 6.32. The fraction of sp³-hybridized carbons (Fsp3) is 0.486. The Balaban J connectivity index is 1.68. The number of benzene rings is 2. The molecular formula is C37H40O7. The summed E-state index contributed by atoms with van der Waals surface area (Å²) < 4.78 is 0. The smallest absolute Gasteiger partial charge is 0.190 e. The van der Waals surface area contributed by atoms with Gasteiger partial charge in [0, 0.05) is 17.8 Å². The van der Waals surface area contributed by atoms with E-state index in [4.69, 9.17) is 0 Å². The molecule has 6 atom stereocenters. The molecular weight excluding hydrogens is 556 g/mol. The van der Waals surface area contributed by atoms with E-state index in [2.05, 4.69) is 11.8 Å². The zero-order chi connectivity index (χ0) is 32.5. The van der Waals surface area contributed by atoms with E-state index in [0.717, 1.165) is 18.1 Å². The molecule has 2 fully saturated rings. The van der Waals surface area contributed by atoms with Crippen molar-refractivity contribution in [2.45, 2.75) is 79.2 Å². The molecule has 0 amide bonds. The number of carbonyl (C=O) groups is 5. The first kappa shape index (κ1) is 31.5. The molecule has 0 heterocycles. The molecule has 2 saturated carbocycles. The quantitative estimate of drug-likeness (QED) is 0.383. The van der Waals surface area contributed by atoms with Crippen molar-refractivity contribution >= 4 is 28.9 Å². The van der Waals surface area contributed by atoms with Crippen LogP contribution in [-0.2, 0) is 32.0 Å². The molecule has 7 heteroatoms. The van der Waals surface area contributed by atoms with Gasteiger partial charge in [-0.2, -0.15) is 0 Å². The molecule has 5 rings (SSSR count). The fourth-order valence-electron chi connectivity index (χ4n) is 8.68. The van der Waals surface area contributed by atoms with Crippen molar-refractivity contribution in [2.75, 3.05) is 0 Å². The fourth-order valence-corrected chi connectivity index (χ4v) is 8.68. The van der Waals surface area contributed by atoms with Gasteiger partial charge in [-0.3, -0.25) is 24.0 Å². The van der Waals surface area contributed by atoms with E-state index < -0.39 is 63.1 Å². The van der Waals surface area contributed by atoms with Gasteiger partial charge in [-0.25, -0.2) is 0 Å². The summed E-state index contributed by atoms with van der Waals surface area (Å²) in [4.78, 5) is 69.1. The van der Waals surface area contributed by atoms with Crippen molar-refractivity contribution in [3.8, 4) is 17.6 Å². The summed E-state index contributed by atoms with van der Waals surface area (Å²) in [7, 11) is 0. The van der Waals surface area contributed by atoms with Crippen LogP contribution in [0.5, 0.6) is 5.75 Å². The summed E-state index contributed by atoms with van der Waals surface area (Å²) in [6.45, 7) is 12.0. The molecule has 0 radical (unpaired) electrons. The maximum Gasteiger partial charge on any atom is 0.190 e. The lowest BCUT2D eigenvalue weighted by Gasteiger charge is -2.62. The minimum Gasteiger partial charge on any atom is -0.506 e. The molecule has 3 unspecified atom stereocenters. The molecule has 2 aromatic carbocycles. The van der Waals surface area contributed by atoms with Gasteiger partial charge in [-0.15, -0.1) is 0 Å². The van der Waals surface area contributed by atoms with Crippen molar-refractivity contribution in [3.63, 3.8) is 0 Å². The molecule has 7 nitrogen and oxygen atoms in total. The molecule has 0 aromatic heterocycles. The van der Waals surface area contributed by atoms with Crippen LogP contribution in [0.2, 0.25) is 0 Å². The molecule has 44 heavy (non-hydrogen) atoms. The second-order valence-corrected chi connectivity index (χ2v) is 14.2. The SMILES string of the molecule is CC(=O)C1C(=O)C(C(C)C)[C@@]2(C)C[C@@]3(C)Cc4c(C(C)C)cc(C#CCc5ccccc5)c(O)c4C(=O)C3C(=O)[C@@]2(O)C1=O. The number of Topliss-reactive ketones (excluding diaryl/α,β-unsaturated/α-hetero) is 5. The van der Waals surface area contributed by atoms with Crippen LogP contribution in [0.1, 0.15) is 93.4 Å². The summed E-state index contributed by atoms with van der Waals surface area (Å²) in [6.07, 6.45) is 0.681. The summed E-state index contributed by atoms with van der Waals surface area (Å²) in [6, 6.07) is 11.4. The Morgan fingerprint density at radius 2 is 1.66 bits per heavy atom. The first-order valence-corrected chi connectivity index (χ1v) is 15.3. The van der Waals surface area contributed by atoms with Gasteiger partial charge < -0.3 is 10.2 Å². The number of carbonyl (C=O) groups excluding carboxylic acids is 5. The van der Waals surface area contributed by atoms with Crippen molar-refractivity contribution in [3.05, 3.63) is 64.2 Å². The van der Waals surface area contributed by atoms with Crippen LogP contribution in [0.25, 0.3) is 0 Å². The van der Waals surface area contributed by atoms with Gasteiger partial charge in [-0.1, -0.05) is 83.7 Å². The van der Waals surface area contributed by atoms with Crippen LogP contribution in [0, 0.1) is 46.3 Å². The van der Waals surface area contributed by atoms with Gasteiger partial charge in [-0.05, 0) is 59.8 Å². The Bertz CT molecular complexity index is 1670. The third kappa shape index (κ3) is 4.33. The topological polar surface area (TPSA) is 126 Å². The van der Waals surface area contributed by atoms with E-state index in [1.807, 2.05) is 44.2 Å². The van der Waals surface area contributed by atoms with E-state index in [0.29, 0.717) is 12.0 Å². The predicted molar refractivity (Wildman–Crippen MR) is 164 cm³/mol. The zero-order valence-electron chi connectivity index (χ0n) is 26.4. The average molecular weight is 597 g/mol. The maximum absolute atomic E-state index is 14.5. The van der Waals surface area contributed by atoms with Gasteiger partial charge in [0.05, 0.1) is 17.0 Å². The second-order valence-electron chi connectivity index (χ2n) is 14.2. The number of hydrogen-bond acceptors (Lipinski definition) is 7.